The second-order valence-electron chi connectivity index (χ2n) is 10.7. The number of nitrogens with zero attached hydrogens (tertiary/aromatic N) is 6. The monoisotopic (exact) mass is 594 g/mol. The molecule has 0 saturated carbocycles. The highest BCUT2D eigenvalue weighted by molar-refractivity contribution is 5.92. The van der Waals surface area contributed by atoms with Gasteiger partial charge in [-0.2, -0.15) is 0 Å². The first kappa shape index (κ1) is 30.7. The maximum absolute atomic E-state index is 12.1. The molecule has 43 heavy (non-hydrogen) atoms. The molecule has 2 fully saturated rings. The molecule has 0 N–H and O–H groups in total. The van der Waals surface area contributed by atoms with Gasteiger partial charge in [0.15, 0.2) is 11.5 Å². The Balaban J connectivity index is 1.28. The van der Waals surface area contributed by atoms with Gasteiger partial charge in [0.2, 0.25) is 6.41 Å². The maximum atomic E-state index is 12.1. The van der Waals surface area contributed by atoms with Crippen molar-refractivity contribution < 1.29 is 28.5 Å². The summed E-state index contributed by atoms with van der Waals surface area (Å²) in [4.78, 5) is 25.9. The van der Waals surface area contributed by atoms with E-state index in [0.717, 1.165) is 67.4 Å². The number of aromatic nitrogens is 2. The lowest BCUT2D eigenvalue weighted by atomic mass is 10.2. The number of hydrazine groups is 1. The van der Waals surface area contributed by atoms with Crippen LogP contribution in [0.4, 0.5) is 11.5 Å². The van der Waals surface area contributed by atoms with Gasteiger partial charge in [0.05, 0.1) is 37.1 Å². The number of carbonyl (C=O) groups excluding carboxylic acids is 1. The molecular weight excluding hydrogens is 552 g/mol. The standard InChI is InChI=1S/C31H42N6O6/c1-24(2)43-26-6-4-25(5-7-26)37(23-38)36-10-8-35(9-11-36)31-27-20-29(42-19-18-39-3)30(21-28(27)32-22-33-31)41-17-14-34-12-15-40-16-13-34/h4-7,20-24H,8-19H2,1-3H3. The SMILES string of the molecule is COCCOc1cc2c(N3CCN(N(C=O)c4ccc(OC(C)C)cc4)CC3)ncnc2cc1OCCN1CCOCC1. The Morgan fingerprint density at radius 3 is 2.35 bits per heavy atom. The molecule has 2 saturated heterocycles. The predicted molar refractivity (Wildman–Crippen MR) is 164 cm³/mol. The van der Waals surface area contributed by atoms with Gasteiger partial charge >= 0.3 is 0 Å². The largest absolute Gasteiger partial charge is 0.491 e. The smallest absolute Gasteiger partial charge is 0.228 e. The summed E-state index contributed by atoms with van der Waals surface area (Å²) in [7, 11) is 1.65. The summed E-state index contributed by atoms with van der Waals surface area (Å²) >= 11 is 0. The first-order chi connectivity index (χ1) is 21.1. The van der Waals surface area contributed by atoms with Crippen molar-refractivity contribution >= 4 is 28.8 Å². The Labute approximate surface area is 253 Å². The molecule has 12 nitrogen and oxygen atoms in total. The number of fused-ring (bicyclic) bond motifs is 1. The number of hydrogen-bond acceptors (Lipinski definition) is 11. The third-order valence-electron chi connectivity index (χ3n) is 7.43. The minimum absolute atomic E-state index is 0.0893. The minimum Gasteiger partial charge on any atom is -0.491 e. The van der Waals surface area contributed by atoms with E-state index < -0.39 is 0 Å². The Morgan fingerprint density at radius 1 is 0.930 bits per heavy atom. The van der Waals surface area contributed by atoms with Gasteiger partial charge in [-0.3, -0.25) is 9.69 Å². The third-order valence-corrected chi connectivity index (χ3v) is 7.43. The predicted octanol–water partition coefficient (Wildman–Crippen LogP) is 2.85. The Bertz CT molecular complexity index is 1310. The molecule has 5 rings (SSSR count). The number of ether oxygens (including phenoxy) is 5. The van der Waals surface area contributed by atoms with E-state index in [2.05, 4.69) is 19.8 Å². The average molecular weight is 595 g/mol. The molecule has 1 amide bonds. The molecule has 0 unspecified atom stereocenters. The third kappa shape index (κ3) is 8.02. The van der Waals surface area contributed by atoms with Crippen molar-refractivity contribution in [2.75, 3.05) is 95.9 Å². The normalized spacial score (nSPS) is 16.4. The highest BCUT2D eigenvalue weighted by Gasteiger charge is 2.25. The molecule has 0 aliphatic carbocycles. The van der Waals surface area contributed by atoms with Crippen LogP contribution in [-0.4, -0.2) is 118 Å². The van der Waals surface area contributed by atoms with Gasteiger partial charge in [-0.1, -0.05) is 0 Å². The Kier molecular flexibility index (Phi) is 10.8. The lowest BCUT2D eigenvalue weighted by molar-refractivity contribution is -0.110. The molecule has 3 aromatic rings. The number of hydrogen-bond donors (Lipinski definition) is 0. The van der Waals surface area contributed by atoms with Crippen molar-refractivity contribution in [3.8, 4) is 17.2 Å². The number of amides is 1. The molecule has 2 aliphatic heterocycles. The zero-order valence-corrected chi connectivity index (χ0v) is 25.3. The summed E-state index contributed by atoms with van der Waals surface area (Å²) in [6.45, 7) is 12.2. The van der Waals surface area contributed by atoms with Crippen molar-refractivity contribution in [2.24, 2.45) is 0 Å². The lowest BCUT2D eigenvalue weighted by Crippen LogP contribution is -2.54. The molecule has 0 radical (unpaired) electrons. The summed E-state index contributed by atoms with van der Waals surface area (Å²) in [5.74, 6) is 2.89. The van der Waals surface area contributed by atoms with E-state index in [1.54, 1.807) is 18.4 Å². The van der Waals surface area contributed by atoms with Crippen molar-refractivity contribution in [3.05, 3.63) is 42.7 Å². The number of carbonyl (C=O) groups is 1. The van der Waals surface area contributed by atoms with Gasteiger partial charge in [0, 0.05) is 64.4 Å². The van der Waals surface area contributed by atoms with E-state index in [9.17, 15) is 4.79 Å². The van der Waals surface area contributed by atoms with E-state index >= 15 is 0 Å². The van der Waals surface area contributed by atoms with Crippen molar-refractivity contribution in [1.29, 1.82) is 0 Å². The van der Waals surface area contributed by atoms with E-state index in [0.29, 0.717) is 57.5 Å². The molecule has 2 aliphatic rings. The van der Waals surface area contributed by atoms with Crippen LogP contribution in [0, 0.1) is 0 Å². The highest BCUT2D eigenvalue weighted by Crippen LogP contribution is 2.36. The van der Waals surface area contributed by atoms with E-state index in [1.165, 1.54) is 0 Å². The number of anilines is 2. The molecule has 3 heterocycles. The molecule has 232 valence electrons. The summed E-state index contributed by atoms with van der Waals surface area (Å²) in [6.07, 6.45) is 2.54. The number of rotatable bonds is 14. The van der Waals surface area contributed by atoms with Gasteiger partial charge < -0.3 is 28.6 Å². The molecule has 2 aromatic carbocycles. The van der Waals surface area contributed by atoms with Crippen LogP contribution < -0.4 is 24.1 Å². The topological polar surface area (TPSA) is 102 Å². The second-order valence-corrected chi connectivity index (χ2v) is 10.7. The fourth-order valence-electron chi connectivity index (χ4n) is 5.24. The molecular formula is C31H42N6O6. The van der Waals surface area contributed by atoms with Gasteiger partial charge in [0.1, 0.15) is 31.1 Å². The van der Waals surface area contributed by atoms with Crippen LogP contribution in [0.5, 0.6) is 17.2 Å². The van der Waals surface area contributed by atoms with Gasteiger partial charge in [0.25, 0.3) is 0 Å². The van der Waals surface area contributed by atoms with Crippen LogP contribution in [0.2, 0.25) is 0 Å². The average Bonchev–Trinajstić information content (AvgIpc) is 3.03. The van der Waals surface area contributed by atoms with Crippen molar-refractivity contribution in [1.82, 2.24) is 19.9 Å². The number of benzene rings is 2. The first-order valence-electron chi connectivity index (χ1n) is 14.9. The van der Waals surface area contributed by atoms with Gasteiger partial charge in [-0.15, -0.1) is 0 Å². The maximum Gasteiger partial charge on any atom is 0.228 e. The Morgan fingerprint density at radius 2 is 1.65 bits per heavy atom. The summed E-state index contributed by atoms with van der Waals surface area (Å²) < 4.78 is 28.7. The summed E-state index contributed by atoms with van der Waals surface area (Å²) in [5, 5.41) is 4.60. The van der Waals surface area contributed by atoms with Crippen LogP contribution in [-0.2, 0) is 14.3 Å². The summed E-state index contributed by atoms with van der Waals surface area (Å²) in [5.41, 5.74) is 1.58. The van der Waals surface area contributed by atoms with Crippen LogP contribution in [0.15, 0.2) is 42.7 Å². The first-order valence-corrected chi connectivity index (χ1v) is 14.9. The molecule has 12 heteroatoms. The second kappa shape index (κ2) is 15.1. The van der Waals surface area contributed by atoms with E-state index in [1.807, 2.05) is 55.3 Å². The molecule has 1 aromatic heterocycles. The van der Waals surface area contributed by atoms with Crippen LogP contribution in [0.25, 0.3) is 10.9 Å². The van der Waals surface area contributed by atoms with Gasteiger partial charge in [-0.05, 0) is 44.2 Å². The quantitative estimate of drug-likeness (QED) is 0.203. The number of piperazine rings is 1. The molecule has 0 atom stereocenters. The summed E-state index contributed by atoms with van der Waals surface area (Å²) in [6, 6.07) is 11.5. The van der Waals surface area contributed by atoms with Crippen molar-refractivity contribution in [2.45, 2.75) is 20.0 Å². The van der Waals surface area contributed by atoms with Crippen LogP contribution in [0.1, 0.15) is 13.8 Å². The van der Waals surface area contributed by atoms with Crippen molar-refractivity contribution in [3.63, 3.8) is 0 Å². The molecule has 0 spiro atoms. The number of methoxy groups -OCH3 is 1. The van der Waals surface area contributed by atoms with Gasteiger partial charge in [-0.25, -0.2) is 20.0 Å². The fourth-order valence-corrected chi connectivity index (χ4v) is 5.24. The lowest BCUT2D eigenvalue weighted by Gasteiger charge is -2.40. The zero-order chi connectivity index (χ0) is 30.0. The van der Waals surface area contributed by atoms with Crippen LogP contribution >= 0.6 is 0 Å². The zero-order valence-electron chi connectivity index (χ0n) is 25.3. The fraction of sp³-hybridized carbons (Fsp3) is 0.516. The molecule has 0 bridgehead atoms. The van der Waals surface area contributed by atoms with Crippen LogP contribution in [0.3, 0.4) is 0 Å². The highest BCUT2D eigenvalue weighted by atomic mass is 16.5. The van der Waals surface area contributed by atoms with E-state index in [4.69, 9.17) is 23.7 Å². The van der Waals surface area contributed by atoms with E-state index in [-0.39, 0.29) is 6.10 Å². The number of morpholine rings is 1. The Hall–Kier alpha value is -3.71. The minimum atomic E-state index is 0.0893.